The average molecular weight is 364 g/mol. The molecule has 1 aromatic rings. The lowest BCUT2D eigenvalue weighted by Crippen LogP contribution is -2.41. The van der Waals surface area contributed by atoms with E-state index in [1.165, 1.54) is 0 Å². The van der Waals surface area contributed by atoms with Crippen molar-refractivity contribution in [1.29, 1.82) is 0 Å². The first-order valence-corrected chi connectivity index (χ1v) is 9.28. The highest BCUT2D eigenvalue weighted by Crippen LogP contribution is 2.43. The van der Waals surface area contributed by atoms with E-state index in [4.69, 9.17) is 28.4 Å². The molecule has 3 aliphatic heterocycles. The number of fused-ring (bicyclic) bond motifs is 1. The van der Waals surface area contributed by atoms with Gasteiger partial charge in [0.2, 0.25) is 0 Å². The van der Waals surface area contributed by atoms with Crippen LogP contribution in [0.15, 0.2) is 30.3 Å². The maximum Gasteiger partial charge on any atom is 0.188 e. The Hall–Kier alpha value is -1.02. The van der Waals surface area contributed by atoms with Crippen LogP contribution in [0.1, 0.15) is 33.3 Å². The normalized spacial score (nSPS) is 37.8. The fourth-order valence-corrected chi connectivity index (χ4v) is 3.91. The highest BCUT2D eigenvalue weighted by Gasteiger charge is 2.58. The predicted octanol–water partition coefficient (Wildman–Crippen LogP) is 2.85. The van der Waals surface area contributed by atoms with E-state index in [-0.39, 0.29) is 24.2 Å². The first kappa shape index (κ1) is 18.3. The first-order chi connectivity index (χ1) is 12.3. The standard InChI is InChI=1S/C20H28O6/c1-19(2)22-12-15(24-19)16-14(11-21-10-13-8-6-5-7-9-13)17-18(23-16)26-20(3,4)25-17/h5-9,14-18H,10-12H2,1-4H3/t14-,15-,16+,17-,18-/m1/s1. The molecule has 3 fully saturated rings. The third-order valence-electron chi connectivity index (χ3n) is 5.04. The van der Waals surface area contributed by atoms with Crippen molar-refractivity contribution in [3.8, 4) is 0 Å². The Morgan fingerprint density at radius 2 is 1.73 bits per heavy atom. The van der Waals surface area contributed by atoms with Gasteiger partial charge >= 0.3 is 0 Å². The summed E-state index contributed by atoms with van der Waals surface area (Å²) in [6.45, 7) is 9.21. The molecular weight excluding hydrogens is 336 g/mol. The average Bonchev–Trinajstić information content (AvgIpc) is 3.18. The largest absolute Gasteiger partial charge is 0.376 e. The second-order valence-corrected chi connectivity index (χ2v) is 8.10. The summed E-state index contributed by atoms with van der Waals surface area (Å²) < 4.78 is 36.0. The molecule has 0 saturated carbocycles. The predicted molar refractivity (Wildman–Crippen MR) is 93.2 cm³/mol. The lowest BCUT2D eigenvalue weighted by Gasteiger charge is -2.29. The number of hydrogen-bond acceptors (Lipinski definition) is 6. The number of benzene rings is 1. The van der Waals surface area contributed by atoms with Crippen LogP contribution in [-0.2, 0) is 35.0 Å². The summed E-state index contributed by atoms with van der Waals surface area (Å²) in [5, 5.41) is 0. The molecule has 0 spiro atoms. The van der Waals surface area contributed by atoms with Crippen molar-refractivity contribution in [2.24, 2.45) is 5.92 Å². The van der Waals surface area contributed by atoms with Gasteiger partial charge in [0.05, 0.1) is 25.9 Å². The van der Waals surface area contributed by atoms with Crippen LogP contribution in [0, 0.1) is 5.92 Å². The van der Waals surface area contributed by atoms with Crippen molar-refractivity contribution in [2.45, 2.75) is 70.5 Å². The Bertz CT molecular complexity index is 616. The molecule has 0 aromatic heterocycles. The summed E-state index contributed by atoms with van der Waals surface area (Å²) in [6.07, 6.45) is -0.902. The zero-order chi connectivity index (χ0) is 18.4. The third-order valence-corrected chi connectivity index (χ3v) is 5.04. The van der Waals surface area contributed by atoms with Gasteiger partial charge < -0.3 is 28.4 Å². The van der Waals surface area contributed by atoms with Crippen molar-refractivity contribution >= 4 is 0 Å². The zero-order valence-electron chi connectivity index (χ0n) is 15.8. The van der Waals surface area contributed by atoms with E-state index in [2.05, 4.69) is 12.1 Å². The Balaban J connectivity index is 1.43. The van der Waals surface area contributed by atoms with E-state index >= 15 is 0 Å². The molecular formula is C20H28O6. The minimum absolute atomic E-state index is 0.0213. The van der Waals surface area contributed by atoms with Crippen molar-refractivity contribution < 1.29 is 28.4 Å². The fraction of sp³-hybridized carbons (Fsp3) is 0.700. The molecule has 0 unspecified atom stereocenters. The van der Waals surface area contributed by atoms with Gasteiger partial charge in [-0.25, -0.2) is 0 Å². The highest BCUT2D eigenvalue weighted by atomic mass is 16.8. The molecule has 0 aliphatic carbocycles. The topological polar surface area (TPSA) is 55.4 Å². The lowest BCUT2D eigenvalue weighted by molar-refractivity contribution is -0.229. The molecule has 26 heavy (non-hydrogen) atoms. The monoisotopic (exact) mass is 364 g/mol. The van der Waals surface area contributed by atoms with Gasteiger partial charge in [0.15, 0.2) is 17.9 Å². The van der Waals surface area contributed by atoms with E-state index in [0.717, 1.165) is 5.56 Å². The van der Waals surface area contributed by atoms with E-state index < -0.39 is 17.9 Å². The summed E-state index contributed by atoms with van der Waals surface area (Å²) in [7, 11) is 0. The zero-order valence-corrected chi connectivity index (χ0v) is 15.8. The molecule has 3 aliphatic rings. The minimum atomic E-state index is -0.649. The molecule has 1 aromatic carbocycles. The summed E-state index contributed by atoms with van der Waals surface area (Å²) in [5.74, 6) is -1.22. The molecule has 0 N–H and O–H groups in total. The maximum absolute atomic E-state index is 6.18. The van der Waals surface area contributed by atoms with E-state index in [0.29, 0.717) is 19.8 Å². The Kier molecular flexibility index (Phi) is 4.84. The van der Waals surface area contributed by atoms with Crippen LogP contribution in [0.5, 0.6) is 0 Å². The van der Waals surface area contributed by atoms with Crippen LogP contribution in [0.3, 0.4) is 0 Å². The van der Waals surface area contributed by atoms with Crippen LogP contribution in [0.25, 0.3) is 0 Å². The van der Waals surface area contributed by atoms with Gasteiger partial charge in [-0.3, -0.25) is 0 Å². The van der Waals surface area contributed by atoms with Gasteiger partial charge in [-0.1, -0.05) is 30.3 Å². The molecule has 0 radical (unpaired) electrons. The molecule has 4 rings (SSSR count). The third kappa shape index (κ3) is 3.81. The molecule has 3 saturated heterocycles. The summed E-state index contributed by atoms with van der Waals surface area (Å²) in [6, 6.07) is 10.1. The van der Waals surface area contributed by atoms with Crippen LogP contribution in [0.4, 0.5) is 0 Å². The van der Waals surface area contributed by atoms with E-state index in [9.17, 15) is 0 Å². The molecule has 0 amide bonds. The maximum atomic E-state index is 6.18. The van der Waals surface area contributed by atoms with Crippen molar-refractivity contribution in [2.75, 3.05) is 13.2 Å². The van der Waals surface area contributed by atoms with Crippen LogP contribution in [0.2, 0.25) is 0 Å². The van der Waals surface area contributed by atoms with E-state index in [1.54, 1.807) is 0 Å². The quantitative estimate of drug-likeness (QED) is 0.801. The molecule has 144 valence electrons. The van der Waals surface area contributed by atoms with Gasteiger partial charge in [0, 0.05) is 5.92 Å². The lowest BCUT2D eigenvalue weighted by atomic mass is 9.95. The van der Waals surface area contributed by atoms with Gasteiger partial charge in [-0.15, -0.1) is 0 Å². The SMILES string of the molecule is CC1(C)O[C@H]2O[C@H]([C@H]3COC(C)(C)O3)[C@@H](COCc3ccccc3)[C@H]2O1. The smallest absolute Gasteiger partial charge is 0.188 e. The summed E-state index contributed by atoms with van der Waals surface area (Å²) in [5.41, 5.74) is 1.14. The highest BCUT2D eigenvalue weighted by molar-refractivity contribution is 5.13. The van der Waals surface area contributed by atoms with Gasteiger partial charge in [-0.2, -0.15) is 0 Å². The molecule has 3 heterocycles. The van der Waals surface area contributed by atoms with Gasteiger partial charge in [0.25, 0.3) is 0 Å². The Labute approximate surface area is 154 Å². The summed E-state index contributed by atoms with van der Waals surface area (Å²) >= 11 is 0. The Morgan fingerprint density at radius 1 is 0.962 bits per heavy atom. The summed E-state index contributed by atoms with van der Waals surface area (Å²) in [4.78, 5) is 0. The fourth-order valence-electron chi connectivity index (χ4n) is 3.91. The minimum Gasteiger partial charge on any atom is -0.376 e. The first-order valence-electron chi connectivity index (χ1n) is 9.28. The van der Waals surface area contributed by atoms with Crippen molar-refractivity contribution in [1.82, 2.24) is 0 Å². The number of ether oxygens (including phenoxy) is 6. The Morgan fingerprint density at radius 3 is 2.42 bits per heavy atom. The van der Waals surface area contributed by atoms with Crippen LogP contribution in [-0.4, -0.2) is 49.4 Å². The number of rotatable bonds is 5. The van der Waals surface area contributed by atoms with Crippen molar-refractivity contribution in [3.63, 3.8) is 0 Å². The van der Waals surface area contributed by atoms with Gasteiger partial charge in [0.1, 0.15) is 12.2 Å². The second-order valence-electron chi connectivity index (χ2n) is 8.10. The molecule has 5 atom stereocenters. The molecule has 6 heteroatoms. The molecule has 0 bridgehead atoms. The molecule has 6 nitrogen and oxygen atoms in total. The van der Waals surface area contributed by atoms with Gasteiger partial charge in [-0.05, 0) is 33.3 Å². The van der Waals surface area contributed by atoms with Crippen molar-refractivity contribution in [3.05, 3.63) is 35.9 Å². The number of hydrogen-bond donors (Lipinski definition) is 0. The second kappa shape index (κ2) is 6.86. The van der Waals surface area contributed by atoms with Crippen LogP contribution >= 0.6 is 0 Å². The van der Waals surface area contributed by atoms with Crippen LogP contribution < -0.4 is 0 Å². The van der Waals surface area contributed by atoms with E-state index in [1.807, 2.05) is 45.9 Å².